The third-order valence-electron chi connectivity index (χ3n) is 4.76. The molecule has 28 heavy (non-hydrogen) atoms. The number of halogens is 1. The predicted octanol–water partition coefficient (Wildman–Crippen LogP) is 2.38. The van der Waals surface area contributed by atoms with Crippen LogP contribution in [0.4, 0.5) is 0 Å². The van der Waals surface area contributed by atoms with E-state index in [-0.39, 0.29) is 23.9 Å². The minimum absolute atomic E-state index is 0.141. The Kier molecular flexibility index (Phi) is 6.87. The summed E-state index contributed by atoms with van der Waals surface area (Å²) in [6.07, 6.45) is 0. The molecule has 0 saturated carbocycles. The number of aryl methyl sites for hydroxylation is 1. The fraction of sp³-hybridized carbons (Fsp3) is 0.350. The minimum Gasteiger partial charge on any atom is -0.339 e. The summed E-state index contributed by atoms with van der Waals surface area (Å²) in [5.74, 6) is -0.171. The van der Waals surface area contributed by atoms with E-state index < -0.39 is 10.0 Å². The van der Waals surface area contributed by atoms with Gasteiger partial charge in [-0.3, -0.25) is 4.79 Å². The van der Waals surface area contributed by atoms with Crippen LogP contribution < -0.4 is 5.32 Å². The van der Waals surface area contributed by atoms with Crippen molar-refractivity contribution < 1.29 is 13.2 Å². The van der Waals surface area contributed by atoms with E-state index in [0.717, 1.165) is 23.1 Å². The Bertz CT molecular complexity index is 926. The first-order valence-corrected chi connectivity index (χ1v) is 11.4. The average molecular weight is 466 g/mol. The van der Waals surface area contributed by atoms with Crippen molar-refractivity contribution in [3.63, 3.8) is 0 Å². The van der Waals surface area contributed by atoms with Crippen LogP contribution in [-0.2, 0) is 21.4 Å². The molecule has 2 aromatic carbocycles. The Morgan fingerprint density at radius 1 is 1.11 bits per heavy atom. The molecule has 2 aromatic rings. The van der Waals surface area contributed by atoms with Crippen molar-refractivity contribution in [2.45, 2.75) is 18.4 Å². The van der Waals surface area contributed by atoms with Crippen LogP contribution in [0.25, 0.3) is 0 Å². The van der Waals surface area contributed by atoms with Crippen molar-refractivity contribution in [3.8, 4) is 0 Å². The lowest BCUT2D eigenvalue weighted by Crippen LogP contribution is -2.50. The molecule has 0 radical (unpaired) electrons. The maximum absolute atomic E-state index is 13.4. The fourth-order valence-corrected chi connectivity index (χ4v) is 5.04. The number of carbonyl (C=O) groups is 1. The van der Waals surface area contributed by atoms with Crippen LogP contribution in [0.1, 0.15) is 11.1 Å². The molecule has 0 aromatic heterocycles. The highest BCUT2D eigenvalue weighted by Gasteiger charge is 2.30. The predicted molar refractivity (Wildman–Crippen MR) is 112 cm³/mol. The molecule has 150 valence electrons. The summed E-state index contributed by atoms with van der Waals surface area (Å²) >= 11 is 3.39. The molecule has 0 unspecified atom stereocenters. The van der Waals surface area contributed by atoms with Crippen molar-refractivity contribution in [2.24, 2.45) is 0 Å². The van der Waals surface area contributed by atoms with Crippen LogP contribution in [0.15, 0.2) is 57.9 Å². The van der Waals surface area contributed by atoms with Crippen LogP contribution in [0, 0.1) is 6.92 Å². The van der Waals surface area contributed by atoms with E-state index in [1.54, 1.807) is 36.1 Å². The highest BCUT2D eigenvalue weighted by Crippen LogP contribution is 2.22. The molecule has 0 aliphatic carbocycles. The van der Waals surface area contributed by atoms with Crippen molar-refractivity contribution in [2.75, 3.05) is 32.7 Å². The van der Waals surface area contributed by atoms with Gasteiger partial charge in [-0.05, 0) is 36.2 Å². The van der Waals surface area contributed by atoms with Gasteiger partial charge < -0.3 is 10.2 Å². The molecule has 0 bridgehead atoms. The van der Waals surface area contributed by atoms with Crippen molar-refractivity contribution in [1.82, 2.24) is 14.5 Å². The normalized spacial score (nSPS) is 15.0. The van der Waals surface area contributed by atoms with Gasteiger partial charge in [-0.1, -0.05) is 46.3 Å². The number of sulfonamides is 1. The Balaban J connectivity index is 1.90. The van der Waals surface area contributed by atoms with E-state index in [0.29, 0.717) is 18.7 Å². The number of hydrogen-bond acceptors (Lipinski definition) is 4. The Morgan fingerprint density at radius 2 is 1.75 bits per heavy atom. The molecular formula is C20H24BrN3O3S. The SMILES string of the molecule is Cc1ccccc1S(=O)(=O)N(CC(=O)N1CCNCC1)Cc1ccc(Br)cc1. The van der Waals surface area contributed by atoms with Crippen molar-refractivity contribution >= 4 is 31.9 Å². The number of nitrogens with one attached hydrogen (secondary N) is 1. The smallest absolute Gasteiger partial charge is 0.244 e. The summed E-state index contributed by atoms with van der Waals surface area (Å²) in [4.78, 5) is 14.8. The average Bonchev–Trinajstić information content (AvgIpc) is 2.70. The number of benzene rings is 2. The van der Waals surface area contributed by atoms with E-state index >= 15 is 0 Å². The zero-order valence-corrected chi connectivity index (χ0v) is 18.2. The number of carbonyl (C=O) groups excluding carboxylic acids is 1. The maximum atomic E-state index is 13.4. The van der Waals surface area contributed by atoms with Gasteiger partial charge in [0.25, 0.3) is 0 Å². The van der Waals surface area contributed by atoms with Gasteiger partial charge in [0.15, 0.2) is 0 Å². The molecule has 1 aliphatic heterocycles. The molecule has 1 fully saturated rings. The van der Waals surface area contributed by atoms with E-state index in [1.807, 2.05) is 24.3 Å². The summed E-state index contributed by atoms with van der Waals surface area (Å²) in [6, 6.07) is 14.3. The van der Waals surface area contributed by atoms with Gasteiger partial charge in [0.05, 0.1) is 11.4 Å². The second kappa shape index (κ2) is 9.17. The summed E-state index contributed by atoms with van der Waals surface area (Å²) in [5, 5.41) is 3.20. The van der Waals surface area contributed by atoms with Gasteiger partial charge in [0.1, 0.15) is 0 Å². The minimum atomic E-state index is -3.82. The highest BCUT2D eigenvalue weighted by atomic mass is 79.9. The van der Waals surface area contributed by atoms with Gasteiger partial charge in [-0.15, -0.1) is 0 Å². The summed E-state index contributed by atoms with van der Waals surface area (Å²) < 4.78 is 29.0. The molecule has 1 aliphatic rings. The van der Waals surface area contributed by atoms with Crippen LogP contribution in [-0.4, -0.2) is 56.3 Å². The molecular weight excluding hydrogens is 442 g/mol. The summed E-state index contributed by atoms with van der Waals surface area (Å²) in [7, 11) is -3.82. The maximum Gasteiger partial charge on any atom is 0.244 e. The second-order valence-corrected chi connectivity index (χ2v) is 9.62. The first-order valence-electron chi connectivity index (χ1n) is 9.16. The first-order chi connectivity index (χ1) is 13.4. The molecule has 6 nitrogen and oxygen atoms in total. The lowest BCUT2D eigenvalue weighted by molar-refractivity contribution is -0.132. The van der Waals surface area contributed by atoms with Gasteiger partial charge >= 0.3 is 0 Å². The summed E-state index contributed by atoms with van der Waals surface area (Å²) in [5.41, 5.74) is 1.49. The Labute approximate surface area is 174 Å². The van der Waals surface area contributed by atoms with E-state index in [9.17, 15) is 13.2 Å². The second-order valence-electron chi connectivity index (χ2n) is 6.80. The van der Waals surface area contributed by atoms with Crippen molar-refractivity contribution in [1.29, 1.82) is 0 Å². The van der Waals surface area contributed by atoms with Crippen LogP contribution >= 0.6 is 15.9 Å². The molecule has 0 spiro atoms. The molecule has 1 N–H and O–H groups in total. The zero-order valence-electron chi connectivity index (χ0n) is 15.8. The molecule has 1 saturated heterocycles. The van der Waals surface area contributed by atoms with Crippen LogP contribution in [0.3, 0.4) is 0 Å². The standard InChI is InChI=1S/C20H24BrN3O3S/c1-16-4-2-3-5-19(16)28(26,27)24(14-17-6-8-18(21)9-7-17)15-20(25)23-12-10-22-11-13-23/h2-9,22H,10-15H2,1H3. The number of piperazine rings is 1. The molecule has 8 heteroatoms. The Morgan fingerprint density at radius 3 is 2.39 bits per heavy atom. The number of rotatable bonds is 6. The quantitative estimate of drug-likeness (QED) is 0.710. The topological polar surface area (TPSA) is 69.7 Å². The lowest BCUT2D eigenvalue weighted by Gasteiger charge is -2.30. The largest absolute Gasteiger partial charge is 0.339 e. The van der Waals surface area contributed by atoms with Gasteiger partial charge in [0.2, 0.25) is 15.9 Å². The summed E-state index contributed by atoms with van der Waals surface area (Å²) in [6.45, 7) is 4.37. The van der Waals surface area contributed by atoms with Gasteiger partial charge in [-0.2, -0.15) is 4.31 Å². The first kappa shape index (κ1) is 21.0. The highest BCUT2D eigenvalue weighted by molar-refractivity contribution is 9.10. The van der Waals surface area contributed by atoms with Gasteiger partial charge in [-0.25, -0.2) is 8.42 Å². The zero-order chi connectivity index (χ0) is 20.1. The molecule has 1 amide bonds. The van der Waals surface area contributed by atoms with Crippen LogP contribution in [0.2, 0.25) is 0 Å². The van der Waals surface area contributed by atoms with E-state index in [4.69, 9.17) is 0 Å². The monoisotopic (exact) mass is 465 g/mol. The number of hydrogen-bond donors (Lipinski definition) is 1. The van der Waals surface area contributed by atoms with Crippen molar-refractivity contribution in [3.05, 3.63) is 64.1 Å². The third-order valence-corrected chi connectivity index (χ3v) is 7.25. The van der Waals surface area contributed by atoms with Gasteiger partial charge in [0, 0.05) is 37.2 Å². The molecule has 3 rings (SSSR count). The number of nitrogens with zero attached hydrogens (tertiary/aromatic N) is 2. The molecule has 1 heterocycles. The van der Waals surface area contributed by atoms with E-state index in [1.165, 1.54) is 4.31 Å². The Hall–Kier alpha value is -1.74. The third kappa shape index (κ3) is 5.00. The number of amides is 1. The van der Waals surface area contributed by atoms with Crippen LogP contribution in [0.5, 0.6) is 0 Å². The fourth-order valence-electron chi connectivity index (χ4n) is 3.17. The lowest BCUT2D eigenvalue weighted by atomic mass is 10.2. The molecule has 0 atom stereocenters. The van der Waals surface area contributed by atoms with E-state index in [2.05, 4.69) is 21.2 Å².